The summed E-state index contributed by atoms with van der Waals surface area (Å²) in [5.41, 5.74) is 1.67. The Morgan fingerprint density at radius 3 is 2.67 bits per heavy atom. The van der Waals surface area contributed by atoms with E-state index in [9.17, 15) is 4.79 Å². The molecule has 0 aliphatic carbocycles. The number of hydrogen-bond acceptors (Lipinski definition) is 3. The summed E-state index contributed by atoms with van der Waals surface area (Å²) in [5.74, 6) is 0.607. The molecule has 0 atom stereocenters. The number of carbonyl (C=O) groups is 1. The SMILES string of the molecule is CNCCCNC(=O)c1cccc(OCc2ccccc2Br)c1.Cl. The minimum absolute atomic E-state index is 0. The molecule has 2 rings (SSSR count). The lowest BCUT2D eigenvalue weighted by atomic mass is 10.2. The van der Waals surface area contributed by atoms with Crippen LogP contribution in [0.3, 0.4) is 0 Å². The van der Waals surface area contributed by atoms with Gasteiger partial charge >= 0.3 is 0 Å². The molecule has 2 aromatic rings. The van der Waals surface area contributed by atoms with Crippen molar-refractivity contribution in [2.75, 3.05) is 20.1 Å². The fourth-order valence-electron chi connectivity index (χ4n) is 2.07. The van der Waals surface area contributed by atoms with E-state index in [1.54, 1.807) is 12.1 Å². The minimum atomic E-state index is -0.0764. The van der Waals surface area contributed by atoms with Gasteiger partial charge in [-0.05, 0) is 44.3 Å². The van der Waals surface area contributed by atoms with Crippen LogP contribution in [0.4, 0.5) is 0 Å². The fraction of sp³-hybridized carbons (Fsp3) is 0.278. The summed E-state index contributed by atoms with van der Waals surface area (Å²) < 4.78 is 6.80. The molecule has 0 heterocycles. The highest BCUT2D eigenvalue weighted by Gasteiger charge is 2.07. The van der Waals surface area contributed by atoms with Crippen molar-refractivity contribution in [3.63, 3.8) is 0 Å². The van der Waals surface area contributed by atoms with E-state index in [4.69, 9.17) is 4.74 Å². The molecule has 0 saturated carbocycles. The summed E-state index contributed by atoms with van der Waals surface area (Å²) in [6, 6.07) is 15.2. The molecule has 0 saturated heterocycles. The zero-order chi connectivity index (χ0) is 16.5. The number of carbonyl (C=O) groups excluding carboxylic acids is 1. The maximum Gasteiger partial charge on any atom is 0.251 e. The quantitative estimate of drug-likeness (QED) is 0.647. The lowest BCUT2D eigenvalue weighted by Gasteiger charge is -2.10. The average molecular weight is 414 g/mol. The Labute approximate surface area is 157 Å². The van der Waals surface area contributed by atoms with Crippen molar-refractivity contribution < 1.29 is 9.53 Å². The molecular weight excluding hydrogens is 392 g/mol. The molecule has 0 radical (unpaired) electrons. The molecule has 0 aromatic heterocycles. The summed E-state index contributed by atoms with van der Waals surface area (Å²) in [7, 11) is 1.90. The minimum Gasteiger partial charge on any atom is -0.489 e. The predicted octanol–water partition coefficient (Wildman–Crippen LogP) is 3.79. The first-order chi connectivity index (χ1) is 11.2. The topological polar surface area (TPSA) is 50.4 Å². The van der Waals surface area contributed by atoms with Crippen molar-refractivity contribution in [2.24, 2.45) is 0 Å². The fourth-order valence-corrected chi connectivity index (χ4v) is 2.47. The molecule has 130 valence electrons. The molecule has 0 aliphatic heterocycles. The molecular formula is C18H22BrClN2O2. The number of benzene rings is 2. The van der Waals surface area contributed by atoms with Crippen molar-refractivity contribution in [1.82, 2.24) is 10.6 Å². The van der Waals surface area contributed by atoms with Gasteiger partial charge in [0.2, 0.25) is 0 Å². The third-order valence-corrected chi connectivity index (χ3v) is 4.11. The van der Waals surface area contributed by atoms with Gasteiger partial charge in [-0.3, -0.25) is 4.79 Å². The van der Waals surface area contributed by atoms with Gasteiger partial charge < -0.3 is 15.4 Å². The Morgan fingerprint density at radius 2 is 1.92 bits per heavy atom. The second-order valence-electron chi connectivity index (χ2n) is 5.12. The second-order valence-corrected chi connectivity index (χ2v) is 5.98. The van der Waals surface area contributed by atoms with Crippen molar-refractivity contribution in [3.8, 4) is 5.75 Å². The van der Waals surface area contributed by atoms with Crippen molar-refractivity contribution in [2.45, 2.75) is 13.0 Å². The molecule has 0 bridgehead atoms. The molecule has 0 unspecified atom stereocenters. The van der Waals surface area contributed by atoms with Crippen LogP contribution in [0.15, 0.2) is 53.0 Å². The number of ether oxygens (including phenoxy) is 1. The Morgan fingerprint density at radius 1 is 1.12 bits per heavy atom. The third kappa shape index (κ3) is 6.51. The van der Waals surface area contributed by atoms with E-state index in [2.05, 4.69) is 26.6 Å². The summed E-state index contributed by atoms with van der Waals surface area (Å²) in [5, 5.41) is 5.95. The largest absolute Gasteiger partial charge is 0.489 e. The van der Waals surface area contributed by atoms with Gasteiger partial charge in [0.1, 0.15) is 12.4 Å². The lowest BCUT2D eigenvalue weighted by molar-refractivity contribution is 0.0953. The van der Waals surface area contributed by atoms with Gasteiger partial charge in [0.15, 0.2) is 0 Å². The first-order valence-corrected chi connectivity index (χ1v) is 8.39. The zero-order valence-corrected chi connectivity index (χ0v) is 16.0. The zero-order valence-electron chi connectivity index (χ0n) is 13.5. The molecule has 0 spiro atoms. The van der Waals surface area contributed by atoms with E-state index < -0.39 is 0 Å². The van der Waals surface area contributed by atoms with Gasteiger partial charge in [-0.15, -0.1) is 12.4 Å². The van der Waals surface area contributed by atoms with Crippen LogP contribution >= 0.6 is 28.3 Å². The van der Waals surface area contributed by atoms with Crippen LogP contribution in [-0.2, 0) is 6.61 Å². The average Bonchev–Trinajstić information content (AvgIpc) is 2.58. The molecule has 2 N–H and O–H groups in total. The second kappa shape index (κ2) is 11.1. The molecule has 2 aromatic carbocycles. The highest BCUT2D eigenvalue weighted by Crippen LogP contribution is 2.19. The maximum atomic E-state index is 12.1. The summed E-state index contributed by atoms with van der Waals surface area (Å²) in [4.78, 5) is 12.1. The molecule has 0 fully saturated rings. The monoisotopic (exact) mass is 412 g/mol. The number of hydrogen-bond donors (Lipinski definition) is 2. The molecule has 6 heteroatoms. The van der Waals surface area contributed by atoms with Gasteiger partial charge in [0, 0.05) is 22.1 Å². The van der Waals surface area contributed by atoms with Crippen LogP contribution in [0, 0.1) is 0 Å². The van der Waals surface area contributed by atoms with Gasteiger partial charge in [-0.2, -0.15) is 0 Å². The number of amides is 1. The standard InChI is InChI=1S/C18H21BrN2O2.ClH/c1-20-10-5-11-21-18(22)14-7-4-8-16(12-14)23-13-15-6-2-3-9-17(15)19;/h2-4,6-9,12,20H,5,10-11,13H2,1H3,(H,21,22);1H. The first-order valence-electron chi connectivity index (χ1n) is 7.60. The van der Waals surface area contributed by atoms with E-state index in [-0.39, 0.29) is 18.3 Å². The first kappa shape index (κ1) is 20.5. The molecule has 24 heavy (non-hydrogen) atoms. The highest BCUT2D eigenvalue weighted by atomic mass is 79.9. The van der Waals surface area contributed by atoms with E-state index in [0.717, 1.165) is 23.0 Å². The van der Waals surface area contributed by atoms with Crippen LogP contribution in [0.25, 0.3) is 0 Å². The van der Waals surface area contributed by atoms with E-state index in [1.807, 2.05) is 43.4 Å². The van der Waals surface area contributed by atoms with Crippen LogP contribution in [0.1, 0.15) is 22.3 Å². The number of halogens is 2. The predicted molar refractivity (Wildman–Crippen MR) is 103 cm³/mol. The maximum absolute atomic E-state index is 12.1. The third-order valence-electron chi connectivity index (χ3n) is 3.34. The Bertz CT molecular complexity index is 652. The van der Waals surface area contributed by atoms with Crippen LogP contribution in [-0.4, -0.2) is 26.0 Å². The molecule has 0 aliphatic rings. The number of nitrogens with one attached hydrogen (secondary N) is 2. The van der Waals surface area contributed by atoms with Crippen LogP contribution in [0.5, 0.6) is 5.75 Å². The summed E-state index contributed by atoms with van der Waals surface area (Å²) in [6.45, 7) is 1.99. The Hall–Kier alpha value is -1.56. The Balaban J connectivity index is 0.00000288. The van der Waals surface area contributed by atoms with E-state index in [0.29, 0.717) is 24.5 Å². The van der Waals surface area contributed by atoms with Gasteiger partial charge in [-0.1, -0.05) is 40.2 Å². The smallest absolute Gasteiger partial charge is 0.251 e. The normalized spacial score (nSPS) is 9.92. The van der Waals surface area contributed by atoms with Crippen molar-refractivity contribution >= 4 is 34.2 Å². The van der Waals surface area contributed by atoms with Gasteiger partial charge in [-0.25, -0.2) is 0 Å². The van der Waals surface area contributed by atoms with Crippen molar-refractivity contribution in [1.29, 1.82) is 0 Å². The van der Waals surface area contributed by atoms with E-state index >= 15 is 0 Å². The lowest BCUT2D eigenvalue weighted by Crippen LogP contribution is -2.26. The molecule has 1 amide bonds. The van der Waals surface area contributed by atoms with Crippen LogP contribution in [0.2, 0.25) is 0 Å². The van der Waals surface area contributed by atoms with Crippen LogP contribution < -0.4 is 15.4 Å². The van der Waals surface area contributed by atoms with Gasteiger partial charge in [0.05, 0.1) is 0 Å². The van der Waals surface area contributed by atoms with Crippen molar-refractivity contribution in [3.05, 3.63) is 64.1 Å². The number of rotatable bonds is 8. The summed E-state index contributed by atoms with van der Waals surface area (Å²) >= 11 is 3.50. The summed E-state index contributed by atoms with van der Waals surface area (Å²) in [6.07, 6.45) is 0.903. The van der Waals surface area contributed by atoms with E-state index in [1.165, 1.54) is 0 Å². The Kier molecular flexibility index (Phi) is 9.45. The highest BCUT2D eigenvalue weighted by molar-refractivity contribution is 9.10. The van der Waals surface area contributed by atoms with Gasteiger partial charge in [0.25, 0.3) is 5.91 Å². The molecule has 4 nitrogen and oxygen atoms in total.